The van der Waals surface area contributed by atoms with Crippen LogP contribution in [-0.4, -0.2) is 16.3 Å². The van der Waals surface area contributed by atoms with Crippen molar-refractivity contribution >= 4 is 0 Å². The minimum Gasteiger partial charge on any atom is -0.330 e. The van der Waals surface area contributed by atoms with Crippen LogP contribution >= 0.6 is 0 Å². The number of aromatic nitrogens is 2. The third-order valence-corrected chi connectivity index (χ3v) is 3.18. The molecular weight excluding hydrogens is 210 g/mol. The average Bonchev–Trinajstić information content (AvgIpc) is 2.58. The van der Waals surface area contributed by atoms with Gasteiger partial charge in [0.1, 0.15) is 0 Å². The highest BCUT2D eigenvalue weighted by molar-refractivity contribution is 5.42. The molecular formula is C14H19N3. The normalized spacial score (nSPS) is 10.8. The first-order chi connectivity index (χ1) is 8.15. The van der Waals surface area contributed by atoms with E-state index in [9.17, 15) is 0 Å². The van der Waals surface area contributed by atoms with Crippen LogP contribution in [0, 0.1) is 20.8 Å². The minimum atomic E-state index is 0.668. The summed E-state index contributed by atoms with van der Waals surface area (Å²) in [6.45, 7) is 6.93. The molecule has 1 aromatic heterocycles. The number of nitrogens with two attached hydrogens (primary N) is 1. The largest absolute Gasteiger partial charge is 0.330 e. The van der Waals surface area contributed by atoms with E-state index in [0.29, 0.717) is 6.54 Å². The van der Waals surface area contributed by atoms with Crippen LogP contribution in [0.1, 0.15) is 22.5 Å². The molecule has 0 bridgehead atoms. The Bertz CT molecular complexity index is 526. The first-order valence-corrected chi connectivity index (χ1v) is 5.96. The maximum Gasteiger partial charge on any atom is 0.0678 e. The lowest BCUT2D eigenvalue weighted by Crippen LogP contribution is -2.05. The van der Waals surface area contributed by atoms with E-state index in [4.69, 9.17) is 5.73 Å². The van der Waals surface area contributed by atoms with Gasteiger partial charge in [0.15, 0.2) is 0 Å². The Hall–Kier alpha value is -1.61. The number of hydrogen-bond acceptors (Lipinski definition) is 2. The van der Waals surface area contributed by atoms with Gasteiger partial charge < -0.3 is 5.73 Å². The Morgan fingerprint density at radius 1 is 1.18 bits per heavy atom. The lowest BCUT2D eigenvalue weighted by molar-refractivity contribution is 0.826. The van der Waals surface area contributed by atoms with E-state index in [2.05, 4.69) is 31.1 Å². The van der Waals surface area contributed by atoms with Crippen LogP contribution in [0.5, 0.6) is 0 Å². The fourth-order valence-corrected chi connectivity index (χ4v) is 2.22. The summed E-state index contributed by atoms with van der Waals surface area (Å²) in [6.07, 6.45) is 0.892. The second kappa shape index (κ2) is 4.72. The van der Waals surface area contributed by atoms with Gasteiger partial charge >= 0.3 is 0 Å². The van der Waals surface area contributed by atoms with Crippen LogP contribution < -0.4 is 5.73 Å². The molecule has 2 rings (SSSR count). The molecule has 2 aromatic rings. The number of rotatable bonds is 3. The van der Waals surface area contributed by atoms with Gasteiger partial charge in [0.25, 0.3) is 0 Å². The van der Waals surface area contributed by atoms with Crippen molar-refractivity contribution in [1.82, 2.24) is 9.78 Å². The Morgan fingerprint density at radius 2 is 1.88 bits per heavy atom. The van der Waals surface area contributed by atoms with Crippen molar-refractivity contribution in [1.29, 1.82) is 0 Å². The van der Waals surface area contributed by atoms with E-state index in [1.807, 2.05) is 23.7 Å². The molecule has 0 saturated heterocycles. The summed E-state index contributed by atoms with van der Waals surface area (Å²) in [5.41, 5.74) is 11.6. The molecule has 2 N–H and O–H groups in total. The molecule has 0 radical (unpaired) electrons. The average molecular weight is 229 g/mol. The highest BCUT2D eigenvalue weighted by Crippen LogP contribution is 2.20. The van der Waals surface area contributed by atoms with Gasteiger partial charge in [-0.1, -0.05) is 18.2 Å². The second-order valence-corrected chi connectivity index (χ2v) is 4.39. The molecule has 3 heteroatoms. The molecule has 0 aliphatic heterocycles. The van der Waals surface area contributed by atoms with Crippen molar-refractivity contribution in [3.8, 4) is 5.69 Å². The lowest BCUT2D eigenvalue weighted by Gasteiger charge is -2.08. The number of nitrogens with zero attached hydrogens (tertiary/aromatic N) is 2. The summed E-state index contributed by atoms with van der Waals surface area (Å²) in [5, 5.41) is 4.62. The maximum atomic E-state index is 5.64. The van der Waals surface area contributed by atoms with Crippen molar-refractivity contribution < 1.29 is 0 Å². The highest BCUT2D eigenvalue weighted by Gasteiger charge is 2.12. The van der Waals surface area contributed by atoms with E-state index < -0.39 is 0 Å². The summed E-state index contributed by atoms with van der Waals surface area (Å²) in [7, 11) is 0. The third kappa shape index (κ3) is 2.11. The first-order valence-electron chi connectivity index (χ1n) is 5.96. The van der Waals surface area contributed by atoms with Crippen LogP contribution in [0.4, 0.5) is 0 Å². The van der Waals surface area contributed by atoms with Gasteiger partial charge in [0.05, 0.1) is 11.4 Å². The molecule has 0 amide bonds. The molecule has 1 heterocycles. The SMILES string of the molecule is Cc1ccccc1-n1nc(C)c(CCN)c1C. The van der Waals surface area contributed by atoms with Crippen molar-refractivity contribution in [2.24, 2.45) is 5.73 Å². The van der Waals surface area contributed by atoms with Gasteiger partial charge in [0.2, 0.25) is 0 Å². The van der Waals surface area contributed by atoms with Crippen molar-refractivity contribution in [2.75, 3.05) is 6.54 Å². The van der Waals surface area contributed by atoms with Gasteiger partial charge in [-0.2, -0.15) is 5.10 Å². The Kier molecular flexibility index (Phi) is 3.29. The molecule has 17 heavy (non-hydrogen) atoms. The fraction of sp³-hybridized carbons (Fsp3) is 0.357. The summed E-state index contributed by atoms with van der Waals surface area (Å²) >= 11 is 0. The summed E-state index contributed by atoms with van der Waals surface area (Å²) in [6, 6.07) is 8.29. The zero-order chi connectivity index (χ0) is 12.4. The molecule has 0 saturated carbocycles. The first kappa shape index (κ1) is 11.9. The quantitative estimate of drug-likeness (QED) is 0.877. The summed E-state index contributed by atoms with van der Waals surface area (Å²) in [5.74, 6) is 0. The van der Waals surface area contributed by atoms with Crippen LogP contribution in [-0.2, 0) is 6.42 Å². The fourth-order valence-electron chi connectivity index (χ4n) is 2.22. The smallest absolute Gasteiger partial charge is 0.0678 e. The van der Waals surface area contributed by atoms with E-state index in [1.54, 1.807) is 0 Å². The zero-order valence-corrected chi connectivity index (χ0v) is 10.7. The molecule has 0 atom stereocenters. The zero-order valence-electron chi connectivity index (χ0n) is 10.7. The Labute approximate surface area is 102 Å². The number of hydrogen-bond donors (Lipinski definition) is 1. The van der Waals surface area contributed by atoms with Crippen LogP contribution in [0.15, 0.2) is 24.3 Å². The van der Waals surface area contributed by atoms with Gasteiger partial charge in [-0.15, -0.1) is 0 Å². The molecule has 0 unspecified atom stereocenters. The number of para-hydroxylation sites is 1. The van der Waals surface area contributed by atoms with Gasteiger partial charge in [-0.05, 0) is 50.9 Å². The molecule has 90 valence electrons. The van der Waals surface area contributed by atoms with Crippen LogP contribution in [0.25, 0.3) is 5.69 Å². The van der Waals surface area contributed by atoms with Crippen molar-refractivity contribution in [3.05, 3.63) is 46.8 Å². The summed E-state index contributed by atoms with van der Waals surface area (Å²) < 4.78 is 2.02. The number of benzene rings is 1. The van der Waals surface area contributed by atoms with E-state index in [0.717, 1.165) is 17.8 Å². The van der Waals surface area contributed by atoms with E-state index in [1.165, 1.54) is 16.8 Å². The van der Waals surface area contributed by atoms with Crippen molar-refractivity contribution in [2.45, 2.75) is 27.2 Å². The summed E-state index contributed by atoms with van der Waals surface area (Å²) in [4.78, 5) is 0. The highest BCUT2D eigenvalue weighted by atomic mass is 15.3. The van der Waals surface area contributed by atoms with Gasteiger partial charge in [-0.25, -0.2) is 4.68 Å². The third-order valence-electron chi connectivity index (χ3n) is 3.18. The second-order valence-electron chi connectivity index (χ2n) is 4.39. The maximum absolute atomic E-state index is 5.64. The topological polar surface area (TPSA) is 43.8 Å². The molecule has 0 aliphatic rings. The predicted octanol–water partition coefficient (Wildman–Crippen LogP) is 2.30. The molecule has 1 aromatic carbocycles. The minimum absolute atomic E-state index is 0.668. The van der Waals surface area contributed by atoms with E-state index >= 15 is 0 Å². The van der Waals surface area contributed by atoms with Crippen LogP contribution in [0.2, 0.25) is 0 Å². The predicted molar refractivity (Wildman–Crippen MR) is 70.5 cm³/mol. The van der Waals surface area contributed by atoms with Crippen molar-refractivity contribution in [3.63, 3.8) is 0 Å². The lowest BCUT2D eigenvalue weighted by atomic mass is 10.1. The molecule has 0 aliphatic carbocycles. The Balaban J connectivity index is 2.54. The number of aryl methyl sites for hydroxylation is 2. The van der Waals surface area contributed by atoms with E-state index in [-0.39, 0.29) is 0 Å². The Morgan fingerprint density at radius 3 is 2.53 bits per heavy atom. The van der Waals surface area contributed by atoms with Gasteiger partial charge in [-0.3, -0.25) is 0 Å². The van der Waals surface area contributed by atoms with Gasteiger partial charge in [0, 0.05) is 5.69 Å². The monoisotopic (exact) mass is 229 g/mol. The standard InChI is InChI=1S/C14H19N3/c1-10-6-4-5-7-14(10)17-12(3)13(8-9-15)11(2)16-17/h4-7H,8-9,15H2,1-3H3. The van der Waals surface area contributed by atoms with Crippen LogP contribution in [0.3, 0.4) is 0 Å². The molecule has 3 nitrogen and oxygen atoms in total. The molecule has 0 spiro atoms. The molecule has 0 fully saturated rings.